The molecule has 1 aliphatic heterocycles. The molecule has 1 aliphatic rings. The molecule has 2 rings (SSSR count). The third kappa shape index (κ3) is 2.82. The number of benzene rings is 1. The van der Waals surface area contributed by atoms with Crippen LogP contribution >= 0.6 is 0 Å². The van der Waals surface area contributed by atoms with Crippen LogP contribution in [0.5, 0.6) is 0 Å². The smallest absolute Gasteiger partial charge is 0.163 e. The first-order valence-electron chi connectivity index (χ1n) is 6.06. The van der Waals surface area contributed by atoms with Crippen molar-refractivity contribution in [1.29, 1.82) is 0 Å². The molecule has 1 aromatic rings. The van der Waals surface area contributed by atoms with Crippen LogP contribution in [-0.4, -0.2) is 31.6 Å². The lowest BCUT2D eigenvalue weighted by Crippen LogP contribution is -2.32. The molecule has 1 atom stereocenters. The number of hydrogen-bond acceptors (Lipinski definition) is 2. The highest BCUT2D eigenvalue weighted by molar-refractivity contribution is 5.22. The molecule has 0 amide bonds. The van der Waals surface area contributed by atoms with Crippen molar-refractivity contribution in [3.8, 4) is 0 Å². The summed E-state index contributed by atoms with van der Waals surface area (Å²) >= 11 is 0. The molecule has 0 saturated carbocycles. The van der Waals surface area contributed by atoms with Crippen molar-refractivity contribution in [2.24, 2.45) is 0 Å². The molecule has 17 heavy (non-hydrogen) atoms. The minimum absolute atomic E-state index is 0.149. The van der Waals surface area contributed by atoms with E-state index in [0.29, 0.717) is 5.56 Å². The van der Waals surface area contributed by atoms with Crippen LogP contribution in [-0.2, 0) is 0 Å². The fourth-order valence-electron chi connectivity index (χ4n) is 2.36. The van der Waals surface area contributed by atoms with Crippen molar-refractivity contribution in [3.63, 3.8) is 0 Å². The molecule has 0 radical (unpaired) electrons. The van der Waals surface area contributed by atoms with Gasteiger partial charge in [0.15, 0.2) is 11.6 Å². The van der Waals surface area contributed by atoms with Crippen LogP contribution in [0.4, 0.5) is 8.78 Å². The predicted octanol–water partition coefficient (Wildman–Crippen LogP) is 2.32. The van der Waals surface area contributed by atoms with E-state index in [9.17, 15) is 8.78 Å². The Bertz CT molecular complexity index is 376. The van der Waals surface area contributed by atoms with E-state index in [4.69, 9.17) is 0 Å². The Morgan fingerprint density at radius 1 is 1.29 bits per heavy atom. The van der Waals surface area contributed by atoms with Gasteiger partial charge in [0.25, 0.3) is 0 Å². The lowest BCUT2D eigenvalue weighted by molar-refractivity contribution is 0.294. The highest BCUT2D eigenvalue weighted by Crippen LogP contribution is 2.21. The summed E-state index contributed by atoms with van der Waals surface area (Å²) in [5.74, 6) is -1.50. The highest BCUT2D eigenvalue weighted by Gasteiger charge is 2.21. The fraction of sp³-hybridized carbons (Fsp3) is 0.538. The van der Waals surface area contributed by atoms with Crippen LogP contribution < -0.4 is 5.32 Å². The largest absolute Gasteiger partial charge is 0.312 e. The number of likely N-dealkylation sites (tertiary alicyclic amines) is 1. The molecule has 0 aromatic heterocycles. The van der Waals surface area contributed by atoms with Crippen molar-refractivity contribution >= 4 is 0 Å². The van der Waals surface area contributed by atoms with Crippen LogP contribution in [0.3, 0.4) is 0 Å². The maximum Gasteiger partial charge on any atom is 0.163 e. The van der Waals surface area contributed by atoms with E-state index < -0.39 is 11.6 Å². The molecule has 1 saturated heterocycles. The average molecular weight is 240 g/mol. The molecular formula is C13H18F2N2. The number of likely N-dealkylation sites (N-methyl/N-ethyl adjacent to an activating group) is 1. The van der Waals surface area contributed by atoms with Gasteiger partial charge in [0.2, 0.25) is 0 Å². The molecule has 0 bridgehead atoms. The summed E-state index contributed by atoms with van der Waals surface area (Å²) in [6.45, 7) is 2.83. The molecule has 4 heteroatoms. The first kappa shape index (κ1) is 12.5. The number of rotatable bonds is 4. The first-order chi connectivity index (χ1) is 8.22. The summed E-state index contributed by atoms with van der Waals surface area (Å²) in [5, 5.41) is 3.06. The van der Waals surface area contributed by atoms with Gasteiger partial charge in [-0.2, -0.15) is 0 Å². The Kier molecular flexibility index (Phi) is 4.07. The van der Waals surface area contributed by atoms with Crippen LogP contribution in [0.15, 0.2) is 18.2 Å². The van der Waals surface area contributed by atoms with Crippen molar-refractivity contribution in [3.05, 3.63) is 35.4 Å². The Morgan fingerprint density at radius 2 is 2.00 bits per heavy atom. The van der Waals surface area contributed by atoms with Gasteiger partial charge in [-0.3, -0.25) is 0 Å². The Labute approximate surface area is 101 Å². The van der Waals surface area contributed by atoms with Crippen LogP contribution in [0, 0.1) is 11.6 Å². The van der Waals surface area contributed by atoms with Gasteiger partial charge in [-0.05, 0) is 39.0 Å². The van der Waals surface area contributed by atoms with E-state index in [1.165, 1.54) is 12.8 Å². The van der Waals surface area contributed by atoms with E-state index in [1.54, 1.807) is 19.2 Å². The van der Waals surface area contributed by atoms with Crippen molar-refractivity contribution in [2.75, 3.05) is 26.7 Å². The topological polar surface area (TPSA) is 15.3 Å². The zero-order valence-corrected chi connectivity index (χ0v) is 10.0. The fourth-order valence-corrected chi connectivity index (χ4v) is 2.36. The van der Waals surface area contributed by atoms with Gasteiger partial charge < -0.3 is 10.2 Å². The molecule has 1 fully saturated rings. The maximum atomic E-state index is 13.7. The van der Waals surface area contributed by atoms with Gasteiger partial charge >= 0.3 is 0 Å². The minimum Gasteiger partial charge on any atom is -0.312 e. The molecule has 2 nitrogen and oxygen atoms in total. The first-order valence-corrected chi connectivity index (χ1v) is 6.06. The number of halogens is 2. The average Bonchev–Trinajstić information content (AvgIpc) is 2.83. The summed E-state index contributed by atoms with van der Waals surface area (Å²) in [6, 6.07) is 4.21. The van der Waals surface area contributed by atoms with Gasteiger partial charge in [-0.25, -0.2) is 8.78 Å². The molecule has 94 valence electrons. The zero-order chi connectivity index (χ0) is 12.3. The lowest BCUT2D eigenvalue weighted by Gasteiger charge is -2.23. The van der Waals surface area contributed by atoms with Crippen LogP contribution in [0.25, 0.3) is 0 Å². The van der Waals surface area contributed by atoms with Crippen molar-refractivity contribution in [1.82, 2.24) is 10.2 Å². The van der Waals surface area contributed by atoms with Gasteiger partial charge in [0.1, 0.15) is 0 Å². The third-order valence-electron chi connectivity index (χ3n) is 3.34. The summed E-state index contributed by atoms with van der Waals surface area (Å²) < 4.78 is 26.9. The Hall–Kier alpha value is -1.00. The SMILES string of the molecule is CNC(CN1CCCC1)c1cccc(F)c1F. The van der Waals surface area contributed by atoms with E-state index in [0.717, 1.165) is 25.7 Å². The molecule has 0 aliphatic carbocycles. The molecule has 1 heterocycles. The maximum absolute atomic E-state index is 13.7. The van der Waals surface area contributed by atoms with E-state index in [2.05, 4.69) is 10.2 Å². The quantitative estimate of drug-likeness (QED) is 0.869. The molecule has 1 unspecified atom stereocenters. The Morgan fingerprint density at radius 3 is 2.65 bits per heavy atom. The number of nitrogens with zero attached hydrogens (tertiary/aromatic N) is 1. The minimum atomic E-state index is -0.774. The lowest BCUT2D eigenvalue weighted by atomic mass is 10.1. The number of nitrogens with one attached hydrogen (secondary N) is 1. The second kappa shape index (κ2) is 5.56. The van der Waals surface area contributed by atoms with E-state index >= 15 is 0 Å². The normalized spacial score (nSPS) is 18.5. The summed E-state index contributed by atoms with van der Waals surface area (Å²) in [7, 11) is 1.78. The van der Waals surface area contributed by atoms with Crippen LogP contribution in [0.2, 0.25) is 0 Å². The predicted molar refractivity (Wildman–Crippen MR) is 63.8 cm³/mol. The highest BCUT2D eigenvalue weighted by atomic mass is 19.2. The summed E-state index contributed by atoms with van der Waals surface area (Å²) in [6.07, 6.45) is 2.39. The third-order valence-corrected chi connectivity index (χ3v) is 3.34. The van der Waals surface area contributed by atoms with E-state index in [1.807, 2.05) is 0 Å². The zero-order valence-electron chi connectivity index (χ0n) is 10.0. The second-order valence-electron chi connectivity index (χ2n) is 4.49. The Balaban J connectivity index is 2.13. The molecule has 1 aromatic carbocycles. The van der Waals surface area contributed by atoms with Crippen molar-refractivity contribution in [2.45, 2.75) is 18.9 Å². The molecular weight excluding hydrogens is 222 g/mol. The summed E-state index contributed by atoms with van der Waals surface area (Å²) in [5.41, 5.74) is 0.416. The van der Waals surface area contributed by atoms with Gasteiger partial charge in [-0.1, -0.05) is 12.1 Å². The second-order valence-corrected chi connectivity index (χ2v) is 4.49. The van der Waals surface area contributed by atoms with Crippen LogP contribution in [0.1, 0.15) is 24.4 Å². The van der Waals surface area contributed by atoms with Crippen molar-refractivity contribution < 1.29 is 8.78 Å². The standard InChI is InChI=1S/C13H18F2N2/c1-16-12(9-17-7-2-3-8-17)10-5-4-6-11(14)13(10)15/h4-6,12,16H,2-3,7-9H2,1H3. The van der Waals surface area contributed by atoms with E-state index in [-0.39, 0.29) is 6.04 Å². The number of hydrogen-bond donors (Lipinski definition) is 1. The van der Waals surface area contributed by atoms with Gasteiger partial charge in [0, 0.05) is 18.2 Å². The van der Waals surface area contributed by atoms with Gasteiger partial charge in [0.05, 0.1) is 0 Å². The van der Waals surface area contributed by atoms with Gasteiger partial charge in [-0.15, -0.1) is 0 Å². The monoisotopic (exact) mass is 240 g/mol. The summed E-state index contributed by atoms with van der Waals surface area (Å²) in [4.78, 5) is 2.28. The molecule has 0 spiro atoms. The molecule has 1 N–H and O–H groups in total.